The minimum absolute atomic E-state index is 0.0142. The number of carbonyl (C=O) groups excluding carboxylic acids is 1. The third-order valence-electron chi connectivity index (χ3n) is 3.76. The fourth-order valence-electron chi connectivity index (χ4n) is 2.25. The maximum absolute atomic E-state index is 12.5. The normalized spacial score (nSPS) is 10.7. The zero-order chi connectivity index (χ0) is 15.7. The van der Waals surface area contributed by atoms with Gasteiger partial charge in [0.1, 0.15) is 12.4 Å². The van der Waals surface area contributed by atoms with E-state index in [-0.39, 0.29) is 19.1 Å². The molecule has 21 heavy (non-hydrogen) atoms. The van der Waals surface area contributed by atoms with Crippen molar-refractivity contribution in [2.24, 2.45) is 5.92 Å². The second-order valence-electron chi connectivity index (χ2n) is 5.12. The number of rotatable bonds is 9. The number of ether oxygens (including phenoxy) is 1. The Kier molecular flexibility index (Phi) is 7.83. The molecule has 0 bridgehead atoms. The summed E-state index contributed by atoms with van der Waals surface area (Å²) in [4.78, 5) is 14.4. The van der Waals surface area contributed by atoms with Crippen LogP contribution in [0.3, 0.4) is 0 Å². The summed E-state index contributed by atoms with van der Waals surface area (Å²) in [6.45, 7) is 8.13. The first-order valence-corrected chi connectivity index (χ1v) is 7.79. The lowest BCUT2D eigenvalue weighted by Gasteiger charge is -2.25. The largest absolute Gasteiger partial charge is 0.491 e. The van der Waals surface area contributed by atoms with Crippen molar-refractivity contribution in [2.75, 3.05) is 26.3 Å². The van der Waals surface area contributed by atoms with Crippen molar-refractivity contribution in [1.82, 2.24) is 4.90 Å². The molecule has 0 saturated heterocycles. The van der Waals surface area contributed by atoms with E-state index in [0.29, 0.717) is 17.2 Å². The van der Waals surface area contributed by atoms with E-state index in [1.54, 1.807) is 24.3 Å². The zero-order valence-corrected chi connectivity index (χ0v) is 13.3. The van der Waals surface area contributed by atoms with Gasteiger partial charge >= 0.3 is 0 Å². The fraction of sp³-hybridized carbons (Fsp3) is 0.588. The van der Waals surface area contributed by atoms with Gasteiger partial charge in [0.05, 0.1) is 6.61 Å². The van der Waals surface area contributed by atoms with Crippen LogP contribution in [-0.2, 0) is 0 Å². The van der Waals surface area contributed by atoms with Gasteiger partial charge in [-0.05, 0) is 37.1 Å². The lowest BCUT2D eigenvalue weighted by atomic mass is 10.0. The molecule has 0 saturated carbocycles. The second-order valence-corrected chi connectivity index (χ2v) is 5.12. The van der Waals surface area contributed by atoms with E-state index >= 15 is 0 Å². The molecular weight excluding hydrogens is 266 g/mol. The average molecular weight is 293 g/mol. The Labute approximate surface area is 127 Å². The molecule has 0 spiro atoms. The third kappa shape index (κ3) is 5.38. The van der Waals surface area contributed by atoms with Crippen molar-refractivity contribution in [3.8, 4) is 5.75 Å². The lowest BCUT2D eigenvalue weighted by molar-refractivity contribution is 0.0735. The van der Waals surface area contributed by atoms with Crippen LogP contribution in [0.5, 0.6) is 5.75 Å². The Morgan fingerprint density at radius 3 is 2.29 bits per heavy atom. The predicted octanol–water partition coefficient (Wildman–Crippen LogP) is 2.96. The van der Waals surface area contributed by atoms with Gasteiger partial charge in [0.15, 0.2) is 0 Å². The van der Waals surface area contributed by atoms with Crippen LogP contribution in [0.4, 0.5) is 0 Å². The van der Waals surface area contributed by atoms with Gasteiger partial charge in [0, 0.05) is 18.7 Å². The minimum Gasteiger partial charge on any atom is -0.491 e. The van der Waals surface area contributed by atoms with Gasteiger partial charge in [-0.3, -0.25) is 4.79 Å². The molecule has 1 aromatic rings. The van der Waals surface area contributed by atoms with E-state index in [1.807, 2.05) is 11.8 Å². The van der Waals surface area contributed by atoms with Gasteiger partial charge in [-0.25, -0.2) is 0 Å². The number of nitrogens with zero attached hydrogens (tertiary/aromatic N) is 1. The summed E-state index contributed by atoms with van der Waals surface area (Å²) >= 11 is 0. The highest BCUT2D eigenvalue weighted by molar-refractivity contribution is 5.94. The van der Waals surface area contributed by atoms with Crippen LogP contribution >= 0.6 is 0 Å². The summed E-state index contributed by atoms with van der Waals surface area (Å²) in [7, 11) is 0. The van der Waals surface area contributed by atoms with Gasteiger partial charge in [-0.1, -0.05) is 26.7 Å². The molecule has 0 aliphatic carbocycles. The van der Waals surface area contributed by atoms with E-state index in [2.05, 4.69) is 13.8 Å². The van der Waals surface area contributed by atoms with E-state index in [9.17, 15) is 4.79 Å². The minimum atomic E-state index is -0.0142. The molecule has 0 atom stereocenters. The van der Waals surface area contributed by atoms with Crippen LogP contribution in [-0.4, -0.2) is 42.2 Å². The highest BCUT2D eigenvalue weighted by atomic mass is 16.5. The quantitative estimate of drug-likeness (QED) is 0.761. The maximum Gasteiger partial charge on any atom is 0.253 e. The standard InChI is InChI=1S/C17H27NO3/c1-4-14(5-2)13-18(6-3)17(20)15-7-9-16(10-8-15)21-12-11-19/h7-10,14,19H,4-6,11-13H2,1-3H3. The molecule has 4 heteroatoms. The van der Waals surface area contributed by atoms with Crippen LogP contribution in [0.1, 0.15) is 44.0 Å². The number of hydrogen-bond acceptors (Lipinski definition) is 3. The second kappa shape index (κ2) is 9.40. The number of amides is 1. The average Bonchev–Trinajstić information content (AvgIpc) is 2.54. The summed E-state index contributed by atoms with van der Waals surface area (Å²) in [5.74, 6) is 1.29. The Morgan fingerprint density at radius 2 is 1.81 bits per heavy atom. The lowest BCUT2D eigenvalue weighted by Crippen LogP contribution is -2.35. The number of carbonyl (C=O) groups is 1. The Morgan fingerprint density at radius 1 is 1.19 bits per heavy atom. The summed E-state index contributed by atoms with van der Waals surface area (Å²) in [6, 6.07) is 7.11. The molecule has 0 fully saturated rings. The van der Waals surface area contributed by atoms with Crippen LogP contribution in [0, 0.1) is 5.92 Å². The Hall–Kier alpha value is -1.55. The number of aliphatic hydroxyl groups is 1. The SMILES string of the molecule is CCC(CC)CN(CC)C(=O)c1ccc(OCCO)cc1. The molecule has 0 unspecified atom stereocenters. The molecule has 1 amide bonds. The number of hydrogen-bond donors (Lipinski definition) is 1. The smallest absolute Gasteiger partial charge is 0.253 e. The number of benzene rings is 1. The third-order valence-corrected chi connectivity index (χ3v) is 3.76. The van der Waals surface area contributed by atoms with E-state index < -0.39 is 0 Å². The Balaban J connectivity index is 2.71. The Bertz CT molecular complexity index is 413. The van der Waals surface area contributed by atoms with Gasteiger partial charge in [-0.2, -0.15) is 0 Å². The molecule has 0 heterocycles. The first-order chi connectivity index (χ1) is 10.2. The first kappa shape index (κ1) is 17.5. The molecule has 1 rings (SSSR count). The van der Waals surface area contributed by atoms with Gasteiger partial charge in [-0.15, -0.1) is 0 Å². The molecule has 4 nitrogen and oxygen atoms in total. The summed E-state index contributed by atoms with van der Waals surface area (Å²) in [5.41, 5.74) is 0.680. The van der Waals surface area contributed by atoms with Crippen molar-refractivity contribution in [1.29, 1.82) is 0 Å². The highest BCUT2D eigenvalue weighted by Crippen LogP contribution is 2.16. The summed E-state index contributed by atoms with van der Waals surface area (Å²) < 4.78 is 5.30. The number of aliphatic hydroxyl groups excluding tert-OH is 1. The van der Waals surface area contributed by atoms with Crippen molar-refractivity contribution in [2.45, 2.75) is 33.6 Å². The molecule has 0 aliphatic rings. The molecule has 118 valence electrons. The van der Waals surface area contributed by atoms with Gasteiger partial charge in [0.25, 0.3) is 5.91 Å². The molecule has 0 aliphatic heterocycles. The predicted molar refractivity (Wildman–Crippen MR) is 84.7 cm³/mol. The van der Waals surface area contributed by atoms with Crippen molar-refractivity contribution in [3.05, 3.63) is 29.8 Å². The molecule has 0 aromatic heterocycles. The van der Waals surface area contributed by atoms with Gasteiger partial charge in [0.2, 0.25) is 0 Å². The van der Waals surface area contributed by atoms with Crippen LogP contribution in [0.15, 0.2) is 24.3 Å². The van der Waals surface area contributed by atoms with E-state index in [1.165, 1.54) is 0 Å². The summed E-state index contributed by atoms with van der Waals surface area (Å²) in [5, 5.41) is 8.72. The first-order valence-electron chi connectivity index (χ1n) is 7.79. The van der Waals surface area contributed by atoms with Crippen LogP contribution < -0.4 is 4.74 Å². The van der Waals surface area contributed by atoms with Crippen LogP contribution in [0.2, 0.25) is 0 Å². The van der Waals surface area contributed by atoms with Crippen molar-refractivity contribution >= 4 is 5.91 Å². The molecule has 1 aromatic carbocycles. The molecular formula is C17H27NO3. The maximum atomic E-state index is 12.5. The zero-order valence-electron chi connectivity index (χ0n) is 13.3. The fourth-order valence-corrected chi connectivity index (χ4v) is 2.25. The highest BCUT2D eigenvalue weighted by Gasteiger charge is 2.17. The molecule has 1 N–H and O–H groups in total. The topological polar surface area (TPSA) is 49.8 Å². The van der Waals surface area contributed by atoms with E-state index in [4.69, 9.17) is 9.84 Å². The monoisotopic (exact) mass is 293 g/mol. The summed E-state index contributed by atoms with van der Waals surface area (Å²) in [6.07, 6.45) is 2.18. The van der Waals surface area contributed by atoms with Gasteiger partial charge < -0.3 is 14.7 Å². The van der Waals surface area contributed by atoms with Crippen LogP contribution in [0.25, 0.3) is 0 Å². The van der Waals surface area contributed by atoms with Crippen molar-refractivity contribution < 1.29 is 14.6 Å². The molecule has 0 radical (unpaired) electrons. The van der Waals surface area contributed by atoms with E-state index in [0.717, 1.165) is 25.9 Å². The van der Waals surface area contributed by atoms with Crippen molar-refractivity contribution in [3.63, 3.8) is 0 Å².